The number of aryl methyl sites for hydroxylation is 2. The van der Waals surface area contributed by atoms with Gasteiger partial charge in [0, 0.05) is 17.1 Å². The highest BCUT2D eigenvalue weighted by molar-refractivity contribution is 8.18. The van der Waals surface area contributed by atoms with Gasteiger partial charge in [0.05, 0.1) is 23.3 Å². The lowest BCUT2D eigenvalue weighted by Crippen LogP contribution is -2.36. The molecule has 0 saturated carbocycles. The number of halogens is 3. The van der Waals surface area contributed by atoms with Gasteiger partial charge in [-0.1, -0.05) is 12.1 Å². The summed E-state index contributed by atoms with van der Waals surface area (Å²) in [5, 5.41) is 1.65. The number of nitrogens with one attached hydrogen (secondary N) is 1. The molecule has 0 bridgehead atoms. The highest BCUT2D eigenvalue weighted by atomic mass is 32.2. The Hall–Kier alpha value is -3.99. The Morgan fingerprint density at radius 1 is 1.08 bits per heavy atom. The van der Waals surface area contributed by atoms with Crippen LogP contribution in [-0.4, -0.2) is 40.2 Å². The van der Waals surface area contributed by atoms with E-state index in [4.69, 9.17) is 4.74 Å². The first kappa shape index (κ1) is 27.1. The maximum Gasteiger partial charge on any atom is 0.416 e. The highest BCUT2D eigenvalue weighted by Gasteiger charge is 2.37. The molecule has 1 aliphatic heterocycles. The van der Waals surface area contributed by atoms with Crippen LogP contribution in [0.15, 0.2) is 53.4 Å². The summed E-state index contributed by atoms with van der Waals surface area (Å²) >= 11 is 0.696. The van der Waals surface area contributed by atoms with Crippen molar-refractivity contribution in [3.63, 3.8) is 0 Å². The summed E-state index contributed by atoms with van der Waals surface area (Å²) in [6.07, 6.45) is -3.02. The van der Waals surface area contributed by atoms with E-state index < -0.39 is 35.3 Å². The number of anilines is 1. The van der Waals surface area contributed by atoms with E-state index in [9.17, 15) is 27.6 Å². The minimum Gasteiger partial charge on any atom is -0.495 e. The molecule has 38 heavy (non-hydrogen) atoms. The van der Waals surface area contributed by atoms with Crippen molar-refractivity contribution in [1.29, 1.82) is 0 Å². The van der Waals surface area contributed by atoms with Gasteiger partial charge in [0.25, 0.3) is 11.1 Å². The Morgan fingerprint density at radius 2 is 1.82 bits per heavy atom. The van der Waals surface area contributed by atoms with Crippen molar-refractivity contribution in [2.75, 3.05) is 19.0 Å². The summed E-state index contributed by atoms with van der Waals surface area (Å²) in [4.78, 5) is 39.1. The van der Waals surface area contributed by atoms with Crippen molar-refractivity contribution in [2.45, 2.75) is 26.9 Å². The molecule has 0 aliphatic carbocycles. The molecule has 3 aromatic rings. The van der Waals surface area contributed by atoms with E-state index in [1.165, 1.54) is 7.11 Å². The van der Waals surface area contributed by atoms with Gasteiger partial charge < -0.3 is 14.6 Å². The number of alkyl halides is 3. The van der Waals surface area contributed by atoms with Crippen molar-refractivity contribution in [3.8, 4) is 11.4 Å². The summed E-state index contributed by atoms with van der Waals surface area (Å²) < 4.78 is 46.4. The van der Waals surface area contributed by atoms with Gasteiger partial charge in [0.2, 0.25) is 5.91 Å². The number of hydrogen-bond acceptors (Lipinski definition) is 5. The number of rotatable bonds is 6. The molecule has 11 heteroatoms. The van der Waals surface area contributed by atoms with E-state index in [1.54, 1.807) is 6.08 Å². The number of nitrogens with zero attached hydrogens (tertiary/aromatic N) is 2. The first-order valence-electron chi connectivity index (χ1n) is 11.5. The van der Waals surface area contributed by atoms with Crippen LogP contribution in [0.5, 0.6) is 5.75 Å². The highest BCUT2D eigenvalue weighted by Crippen LogP contribution is 2.36. The van der Waals surface area contributed by atoms with Crippen LogP contribution in [0.2, 0.25) is 0 Å². The molecule has 3 amide bonds. The number of benzene rings is 2. The van der Waals surface area contributed by atoms with Crippen LogP contribution < -0.4 is 10.1 Å². The fraction of sp³-hybridized carbons (Fsp3) is 0.222. The molecule has 1 aromatic heterocycles. The zero-order valence-corrected chi connectivity index (χ0v) is 21.8. The quantitative estimate of drug-likeness (QED) is 0.380. The Labute approximate surface area is 221 Å². The third-order valence-corrected chi connectivity index (χ3v) is 6.90. The molecule has 1 saturated heterocycles. The first-order valence-corrected chi connectivity index (χ1v) is 12.3. The molecule has 0 unspecified atom stereocenters. The van der Waals surface area contributed by atoms with Gasteiger partial charge in [-0.15, -0.1) is 0 Å². The van der Waals surface area contributed by atoms with Gasteiger partial charge in [-0.05, 0) is 86.1 Å². The normalized spacial score (nSPS) is 14.9. The SMILES string of the molecule is COc1ccc(C(F)(F)F)cc1NC(=O)CN1C(=O)S/C(=C\c2cc(C)n(-c3cccc(C)c3)c2C)C1=O. The van der Waals surface area contributed by atoms with Gasteiger partial charge >= 0.3 is 6.18 Å². The van der Waals surface area contributed by atoms with Crippen LogP contribution in [0.3, 0.4) is 0 Å². The molecule has 198 valence electrons. The molecule has 1 fully saturated rings. The lowest BCUT2D eigenvalue weighted by Gasteiger charge is -2.16. The zero-order valence-electron chi connectivity index (χ0n) is 21.0. The fourth-order valence-electron chi connectivity index (χ4n) is 4.19. The second-order valence-corrected chi connectivity index (χ2v) is 9.72. The average molecular weight is 544 g/mol. The minimum absolute atomic E-state index is 0.00403. The van der Waals surface area contributed by atoms with Crippen LogP contribution in [-0.2, 0) is 15.8 Å². The van der Waals surface area contributed by atoms with Crippen molar-refractivity contribution in [2.24, 2.45) is 0 Å². The monoisotopic (exact) mass is 543 g/mol. The number of thioether (sulfide) groups is 1. The number of carbonyl (C=O) groups is 3. The number of imide groups is 1. The number of hydrogen-bond donors (Lipinski definition) is 1. The predicted octanol–water partition coefficient (Wildman–Crippen LogP) is 6.10. The number of ether oxygens (including phenoxy) is 1. The van der Waals surface area contributed by atoms with Gasteiger partial charge in [-0.2, -0.15) is 13.2 Å². The van der Waals surface area contributed by atoms with E-state index in [0.717, 1.165) is 51.3 Å². The maximum absolute atomic E-state index is 13.1. The summed E-state index contributed by atoms with van der Waals surface area (Å²) in [5.74, 6) is -1.50. The number of carbonyl (C=O) groups excluding carboxylic acids is 3. The molecule has 2 heterocycles. The van der Waals surface area contributed by atoms with E-state index in [-0.39, 0.29) is 16.3 Å². The smallest absolute Gasteiger partial charge is 0.416 e. The molecular weight excluding hydrogens is 519 g/mol. The summed E-state index contributed by atoms with van der Waals surface area (Å²) in [7, 11) is 1.25. The average Bonchev–Trinajstić information content (AvgIpc) is 3.27. The van der Waals surface area contributed by atoms with E-state index in [0.29, 0.717) is 11.8 Å². The van der Waals surface area contributed by atoms with E-state index in [1.807, 2.05) is 55.7 Å². The zero-order chi connectivity index (χ0) is 27.8. The van der Waals surface area contributed by atoms with E-state index >= 15 is 0 Å². The lowest BCUT2D eigenvalue weighted by molar-refractivity contribution is -0.137. The first-order chi connectivity index (χ1) is 17.9. The molecule has 0 spiro atoms. The Morgan fingerprint density at radius 3 is 2.47 bits per heavy atom. The summed E-state index contributed by atoms with van der Waals surface area (Å²) in [5.41, 5.74) is 3.41. The van der Waals surface area contributed by atoms with Crippen LogP contribution in [0.1, 0.15) is 28.1 Å². The Balaban J connectivity index is 1.53. The van der Waals surface area contributed by atoms with E-state index in [2.05, 4.69) is 5.32 Å². The van der Waals surface area contributed by atoms with Crippen LogP contribution >= 0.6 is 11.8 Å². The molecular formula is C27H24F3N3O4S. The second-order valence-electron chi connectivity index (χ2n) is 8.73. The number of methoxy groups -OCH3 is 1. The van der Waals surface area contributed by atoms with Crippen molar-refractivity contribution >= 4 is 40.6 Å². The lowest BCUT2D eigenvalue weighted by atomic mass is 10.1. The maximum atomic E-state index is 13.1. The van der Waals surface area contributed by atoms with Crippen LogP contribution in [0.4, 0.5) is 23.7 Å². The number of amides is 3. The molecule has 0 atom stereocenters. The summed E-state index contributed by atoms with van der Waals surface area (Å²) in [6, 6.07) is 12.5. The topological polar surface area (TPSA) is 80.6 Å². The molecule has 2 aromatic carbocycles. The Kier molecular flexibility index (Phi) is 7.41. The third kappa shape index (κ3) is 5.47. The van der Waals surface area contributed by atoms with Gasteiger partial charge in [0.1, 0.15) is 12.3 Å². The molecule has 0 radical (unpaired) electrons. The van der Waals surface area contributed by atoms with Gasteiger partial charge in [-0.3, -0.25) is 19.3 Å². The second kappa shape index (κ2) is 10.4. The van der Waals surface area contributed by atoms with Crippen molar-refractivity contribution in [1.82, 2.24) is 9.47 Å². The molecule has 1 aliphatic rings. The summed E-state index contributed by atoms with van der Waals surface area (Å²) in [6.45, 7) is 5.17. The largest absolute Gasteiger partial charge is 0.495 e. The minimum atomic E-state index is -4.63. The Bertz CT molecular complexity index is 1480. The van der Waals surface area contributed by atoms with Crippen LogP contribution in [0, 0.1) is 20.8 Å². The molecule has 7 nitrogen and oxygen atoms in total. The number of aromatic nitrogens is 1. The van der Waals surface area contributed by atoms with Crippen molar-refractivity contribution < 1.29 is 32.3 Å². The fourth-order valence-corrected chi connectivity index (χ4v) is 5.02. The van der Waals surface area contributed by atoms with Crippen molar-refractivity contribution in [3.05, 3.63) is 81.5 Å². The van der Waals surface area contributed by atoms with Crippen LogP contribution in [0.25, 0.3) is 11.8 Å². The molecule has 4 rings (SSSR count). The predicted molar refractivity (Wildman–Crippen MR) is 139 cm³/mol. The third-order valence-electron chi connectivity index (χ3n) is 5.99. The van der Waals surface area contributed by atoms with Gasteiger partial charge in [-0.25, -0.2) is 0 Å². The van der Waals surface area contributed by atoms with Gasteiger partial charge in [0.15, 0.2) is 0 Å². The molecule has 1 N–H and O–H groups in total. The standard InChI is InChI=1S/C27H24F3N3O4S/c1-15-6-5-7-20(10-15)33-16(2)11-18(17(33)3)12-23-25(35)32(26(36)38-23)14-24(34)31-21-13-19(27(28,29)30)8-9-22(21)37-4/h5-13H,14H2,1-4H3,(H,31,34)/b23-12-.